The van der Waals surface area contributed by atoms with Crippen molar-refractivity contribution >= 4 is 23.2 Å². The van der Waals surface area contributed by atoms with E-state index >= 15 is 0 Å². The van der Waals surface area contributed by atoms with Gasteiger partial charge in [-0.05, 0) is 61.9 Å². The van der Waals surface area contributed by atoms with Crippen LogP contribution in [0.5, 0.6) is 0 Å². The molecule has 4 heteroatoms. The molecule has 3 fully saturated rings. The average Bonchev–Trinajstić information content (AvgIpc) is 3.52. The lowest BCUT2D eigenvalue weighted by atomic mass is 9.51. The summed E-state index contributed by atoms with van der Waals surface area (Å²) in [7, 11) is 0. The zero-order valence-electron chi connectivity index (χ0n) is 17.7. The van der Waals surface area contributed by atoms with E-state index in [1.54, 1.807) is 0 Å². The van der Waals surface area contributed by atoms with E-state index < -0.39 is 0 Å². The first kappa shape index (κ1) is 20.3. The van der Waals surface area contributed by atoms with Crippen LogP contribution in [0, 0.1) is 18.3 Å². The Balaban J connectivity index is 0.000000994. The van der Waals surface area contributed by atoms with Gasteiger partial charge in [0.1, 0.15) is 0 Å². The number of anilines is 1. The monoisotopic (exact) mass is 410 g/mol. The number of nitrogens with one attached hydrogen (secondary N) is 1. The van der Waals surface area contributed by atoms with Gasteiger partial charge in [-0.25, -0.2) is 0 Å². The average molecular weight is 411 g/mol. The first-order valence-corrected chi connectivity index (χ1v) is 11.3. The van der Waals surface area contributed by atoms with Gasteiger partial charge in [0.15, 0.2) is 0 Å². The Hall–Kier alpha value is -2.00. The summed E-state index contributed by atoms with van der Waals surface area (Å²) in [6.07, 6.45) is 4.27. The van der Waals surface area contributed by atoms with E-state index in [0.717, 1.165) is 55.0 Å². The first-order chi connectivity index (χ1) is 14.0. The molecule has 0 atom stereocenters. The Morgan fingerprint density at radius 2 is 1.69 bits per heavy atom. The molecule has 0 bridgehead atoms. The van der Waals surface area contributed by atoms with Gasteiger partial charge < -0.3 is 10.2 Å². The largest absolute Gasteiger partial charge is 0.375 e. The molecule has 2 aromatic rings. The molecule has 0 radical (unpaired) electrons. The molecule has 0 unspecified atom stereocenters. The molecular formula is C25H31ClN2O. The summed E-state index contributed by atoms with van der Waals surface area (Å²) < 4.78 is 0. The van der Waals surface area contributed by atoms with Gasteiger partial charge in [0, 0.05) is 35.1 Å². The van der Waals surface area contributed by atoms with E-state index in [4.69, 9.17) is 11.6 Å². The zero-order chi connectivity index (χ0) is 20.6. The van der Waals surface area contributed by atoms with Gasteiger partial charge in [-0.1, -0.05) is 55.8 Å². The fraction of sp³-hybridized carbons (Fsp3) is 0.480. The van der Waals surface area contributed by atoms with Crippen LogP contribution in [0.2, 0.25) is 5.02 Å². The number of amides is 1. The highest BCUT2D eigenvalue weighted by molar-refractivity contribution is 6.31. The van der Waals surface area contributed by atoms with Crippen LogP contribution in [0.25, 0.3) is 0 Å². The molecule has 154 valence electrons. The number of carbonyl (C=O) groups excluding carboxylic acids is 1. The molecule has 3 nitrogen and oxygen atoms in total. The number of hydrogen-bond acceptors (Lipinski definition) is 2. The van der Waals surface area contributed by atoms with Crippen LogP contribution in [0.1, 0.15) is 50.7 Å². The highest BCUT2D eigenvalue weighted by atomic mass is 35.5. The maximum atomic E-state index is 12.3. The van der Waals surface area contributed by atoms with Crippen LogP contribution in [0.15, 0.2) is 48.5 Å². The maximum absolute atomic E-state index is 12.3. The number of halogens is 1. The summed E-state index contributed by atoms with van der Waals surface area (Å²) >= 11 is 6.45. The quantitative estimate of drug-likeness (QED) is 0.668. The van der Waals surface area contributed by atoms with E-state index in [1.165, 1.54) is 5.56 Å². The molecule has 29 heavy (non-hydrogen) atoms. The highest BCUT2D eigenvalue weighted by Gasteiger charge is 2.62. The van der Waals surface area contributed by atoms with Crippen LogP contribution in [0.3, 0.4) is 0 Å². The number of benzene rings is 2. The van der Waals surface area contributed by atoms with Crippen LogP contribution >= 0.6 is 11.6 Å². The summed E-state index contributed by atoms with van der Waals surface area (Å²) in [5, 5.41) is 4.64. The summed E-state index contributed by atoms with van der Waals surface area (Å²) in [6, 6.07) is 16.6. The standard InChI is InChI=1S/C23H25ClN2O.C2H6/c1-16-19(8-5-9-20(16)24)23(25-18-6-3-2-4-7-18)12-22(13-23)14-26(15-22)21(27)17-10-11-17;1-2/h2-9,17,25H,10-15H2,1H3;1-2H3. The number of rotatable bonds is 4. The van der Waals surface area contributed by atoms with E-state index in [1.807, 2.05) is 32.0 Å². The Labute approximate surface area is 179 Å². The van der Waals surface area contributed by atoms with Crippen molar-refractivity contribution in [1.82, 2.24) is 4.90 Å². The molecule has 2 aliphatic carbocycles. The number of hydrogen-bond donors (Lipinski definition) is 1. The third-order valence-electron chi connectivity index (χ3n) is 6.59. The van der Waals surface area contributed by atoms with E-state index in [2.05, 4.69) is 47.5 Å². The van der Waals surface area contributed by atoms with Crippen molar-refractivity contribution in [2.24, 2.45) is 11.3 Å². The second-order valence-electron chi connectivity index (χ2n) is 8.81. The van der Waals surface area contributed by atoms with Crippen LogP contribution in [0.4, 0.5) is 5.69 Å². The molecule has 1 saturated heterocycles. The van der Waals surface area contributed by atoms with Gasteiger partial charge in [-0.3, -0.25) is 4.79 Å². The van der Waals surface area contributed by atoms with Gasteiger partial charge in [0.2, 0.25) is 5.91 Å². The zero-order valence-corrected chi connectivity index (χ0v) is 18.4. The molecule has 2 saturated carbocycles. The molecule has 1 spiro atoms. The Kier molecular flexibility index (Phi) is 5.37. The van der Waals surface area contributed by atoms with E-state index in [-0.39, 0.29) is 11.0 Å². The van der Waals surface area contributed by atoms with Crippen molar-refractivity contribution in [3.05, 3.63) is 64.7 Å². The minimum Gasteiger partial charge on any atom is -0.375 e. The Morgan fingerprint density at radius 3 is 2.31 bits per heavy atom. The smallest absolute Gasteiger partial charge is 0.225 e. The van der Waals surface area contributed by atoms with E-state index in [0.29, 0.717) is 11.8 Å². The fourth-order valence-electron chi connectivity index (χ4n) is 5.23. The van der Waals surface area contributed by atoms with Gasteiger partial charge >= 0.3 is 0 Å². The van der Waals surface area contributed by atoms with Crippen LogP contribution < -0.4 is 5.32 Å². The second-order valence-corrected chi connectivity index (χ2v) is 9.21. The third kappa shape index (κ3) is 3.66. The summed E-state index contributed by atoms with van der Waals surface area (Å²) in [5.74, 6) is 0.706. The topological polar surface area (TPSA) is 32.3 Å². The van der Waals surface area contributed by atoms with Crippen molar-refractivity contribution in [2.75, 3.05) is 18.4 Å². The summed E-state index contributed by atoms with van der Waals surface area (Å²) in [5.41, 5.74) is 3.74. The van der Waals surface area contributed by atoms with Crippen molar-refractivity contribution < 1.29 is 4.79 Å². The lowest BCUT2D eigenvalue weighted by Gasteiger charge is -2.65. The van der Waals surface area contributed by atoms with Crippen molar-refractivity contribution in [3.8, 4) is 0 Å². The third-order valence-corrected chi connectivity index (χ3v) is 6.99. The summed E-state index contributed by atoms with van der Waals surface area (Å²) in [4.78, 5) is 14.4. The van der Waals surface area contributed by atoms with Crippen LogP contribution in [-0.2, 0) is 10.3 Å². The maximum Gasteiger partial charge on any atom is 0.225 e. The fourth-order valence-corrected chi connectivity index (χ4v) is 5.40. The van der Waals surface area contributed by atoms with Crippen LogP contribution in [-0.4, -0.2) is 23.9 Å². The molecule has 1 aliphatic heterocycles. The van der Waals surface area contributed by atoms with Gasteiger partial charge in [0.05, 0.1) is 5.54 Å². The lowest BCUT2D eigenvalue weighted by Crippen LogP contribution is -2.69. The number of likely N-dealkylation sites (tertiary alicyclic amines) is 1. The first-order valence-electron chi connectivity index (χ1n) is 10.9. The molecule has 2 aromatic carbocycles. The molecule has 1 heterocycles. The van der Waals surface area contributed by atoms with Gasteiger partial charge in [-0.2, -0.15) is 0 Å². The lowest BCUT2D eigenvalue weighted by molar-refractivity contribution is -0.158. The minimum atomic E-state index is -0.106. The van der Waals surface area contributed by atoms with E-state index in [9.17, 15) is 4.79 Å². The number of carbonyl (C=O) groups is 1. The highest BCUT2D eigenvalue weighted by Crippen LogP contribution is 2.61. The van der Waals surface area contributed by atoms with Crippen molar-refractivity contribution in [1.29, 1.82) is 0 Å². The molecule has 1 N–H and O–H groups in total. The molecular weight excluding hydrogens is 380 g/mol. The minimum absolute atomic E-state index is 0.106. The molecule has 1 amide bonds. The molecule has 5 rings (SSSR count). The molecule has 0 aromatic heterocycles. The molecule has 3 aliphatic rings. The van der Waals surface area contributed by atoms with Crippen molar-refractivity contribution in [3.63, 3.8) is 0 Å². The SMILES string of the molecule is CC.Cc1c(Cl)cccc1C1(Nc2ccccc2)CC2(CN(C(=O)C3CC3)C2)C1. The van der Waals surface area contributed by atoms with Crippen molar-refractivity contribution in [2.45, 2.75) is 52.0 Å². The normalized spacial score (nSPS) is 20.8. The van der Waals surface area contributed by atoms with Gasteiger partial charge in [0.25, 0.3) is 0 Å². The summed E-state index contributed by atoms with van der Waals surface area (Å²) in [6.45, 7) is 7.95. The van der Waals surface area contributed by atoms with Gasteiger partial charge in [-0.15, -0.1) is 0 Å². The number of para-hydroxylation sites is 1. The Bertz CT molecular complexity index is 877. The predicted molar refractivity (Wildman–Crippen MR) is 120 cm³/mol. The Morgan fingerprint density at radius 1 is 1.03 bits per heavy atom. The predicted octanol–water partition coefficient (Wildman–Crippen LogP) is 6.01. The number of nitrogens with zero attached hydrogens (tertiary/aromatic N) is 1. The second kappa shape index (κ2) is 7.68.